The van der Waals surface area contributed by atoms with Crippen molar-refractivity contribution in [2.75, 3.05) is 10.6 Å². The van der Waals surface area contributed by atoms with Gasteiger partial charge in [-0.1, -0.05) is 0 Å². The topological polar surface area (TPSA) is 103 Å². The fourth-order valence-corrected chi connectivity index (χ4v) is 2.36. The summed E-state index contributed by atoms with van der Waals surface area (Å²) in [5.41, 5.74) is 0.467. The maximum atomic E-state index is 13.4. The minimum Gasteiger partial charge on any atom is -0.508 e. The first-order chi connectivity index (χ1) is 12.8. The molecule has 140 valence electrons. The first kappa shape index (κ1) is 18.3. The zero-order valence-corrected chi connectivity index (χ0v) is 14.5. The Balaban J connectivity index is 2.04. The molecule has 27 heavy (non-hydrogen) atoms. The van der Waals surface area contributed by atoms with Crippen LogP contribution in [0.3, 0.4) is 0 Å². The van der Waals surface area contributed by atoms with Crippen molar-refractivity contribution in [1.29, 1.82) is 0 Å². The smallest absolute Gasteiger partial charge is 0.232 e. The number of rotatable bonds is 5. The van der Waals surface area contributed by atoms with Crippen LogP contribution >= 0.6 is 0 Å². The van der Waals surface area contributed by atoms with Gasteiger partial charge in [0.05, 0.1) is 0 Å². The van der Waals surface area contributed by atoms with Crippen LogP contribution in [0.15, 0.2) is 36.4 Å². The van der Waals surface area contributed by atoms with Gasteiger partial charge in [0.2, 0.25) is 11.9 Å². The number of phenolic OH excluding ortho intramolecular Hbond substituents is 2. The summed E-state index contributed by atoms with van der Waals surface area (Å²) in [6.45, 7) is 3.78. The van der Waals surface area contributed by atoms with Crippen molar-refractivity contribution in [1.82, 2.24) is 15.0 Å². The quantitative estimate of drug-likeness (QED) is 0.539. The molecule has 7 nitrogen and oxygen atoms in total. The van der Waals surface area contributed by atoms with Gasteiger partial charge in [0.25, 0.3) is 0 Å². The zero-order valence-electron chi connectivity index (χ0n) is 14.5. The lowest BCUT2D eigenvalue weighted by molar-refractivity contribution is 0.451. The van der Waals surface area contributed by atoms with Crippen molar-refractivity contribution in [3.63, 3.8) is 0 Å². The molecule has 4 N–H and O–H groups in total. The van der Waals surface area contributed by atoms with Crippen molar-refractivity contribution >= 4 is 17.6 Å². The summed E-state index contributed by atoms with van der Waals surface area (Å²) in [4.78, 5) is 12.7. The van der Waals surface area contributed by atoms with E-state index in [1.54, 1.807) is 0 Å². The van der Waals surface area contributed by atoms with Gasteiger partial charge in [-0.25, -0.2) is 8.78 Å². The van der Waals surface area contributed by atoms with Crippen LogP contribution in [-0.2, 0) is 0 Å². The van der Waals surface area contributed by atoms with Gasteiger partial charge in [0.15, 0.2) is 5.82 Å². The number of nitrogens with one attached hydrogen (secondary N) is 2. The highest BCUT2D eigenvalue weighted by Crippen LogP contribution is 2.28. The van der Waals surface area contributed by atoms with Crippen molar-refractivity contribution in [3.05, 3.63) is 48.0 Å². The summed E-state index contributed by atoms with van der Waals surface area (Å²) < 4.78 is 26.8. The Kier molecular flexibility index (Phi) is 5.02. The average molecular weight is 373 g/mol. The second-order valence-corrected chi connectivity index (χ2v) is 6.13. The Labute approximate surface area is 153 Å². The fourth-order valence-electron chi connectivity index (χ4n) is 2.36. The third-order valence-corrected chi connectivity index (χ3v) is 3.33. The molecule has 0 spiro atoms. The van der Waals surface area contributed by atoms with Crippen LogP contribution in [0.4, 0.5) is 26.4 Å². The van der Waals surface area contributed by atoms with E-state index in [0.29, 0.717) is 5.56 Å². The summed E-state index contributed by atoms with van der Waals surface area (Å²) in [7, 11) is 0. The van der Waals surface area contributed by atoms with Gasteiger partial charge in [-0.2, -0.15) is 15.0 Å². The van der Waals surface area contributed by atoms with E-state index in [1.807, 2.05) is 13.8 Å². The highest BCUT2D eigenvalue weighted by molar-refractivity contribution is 5.64. The Morgan fingerprint density at radius 2 is 1.41 bits per heavy atom. The number of benzene rings is 2. The molecule has 0 aliphatic rings. The molecule has 2 aromatic carbocycles. The molecule has 0 saturated heterocycles. The third kappa shape index (κ3) is 4.78. The zero-order chi connectivity index (χ0) is 19.6. The monoisotopic (exact) mass is 373 g/mol. The first-order valence-electron chi connectivity index (χ1n) is 8.07. The van der Waals surface area contributed by atoms with E-state index in [1.165, 1.54) is 18.2 Å². The number of hydrogen-bond acceptors (Lipinski definition) is 7. The Bertz CT molecular complexity index is 941. The van der Waals surface area contributed by atoms with E-state index in [9.17, 15) is 19.0 Å². The second-order valence-electron chi connectivity index (χ2n) is 6.13. The molecule has 1 aromatic heterocycles. The molecule has 0 aliphatic heterocycles. The first-order valence-corrected chi connectivity index (χ1v) is 8.07. The van der Waals surface area contributed by atoms with Crippen LogP contribution in [0.2, 0.25) is 0 Å². The van der Waals surface area contributed by atoms with E-state index >= 15 is 0 Å². The number of anilines is 3. The predicted molar refractivity (Wildman–Crippen MR) is 97.0 cm³/mol. The van der Waals surface area contributed by atoms with Crippen molar-refractivity contribution in [3.8, 4) is 22.9 Å². The van der Waals surface area contributed by atoms with Gasteiger partial charge in [0.1, 0.15) is 23.1 Å². The number of nitrogens with zero attached hydrogens (tertiary/aromatic N) is 3. The molecule has 0 saturated carbocycles. The van der Waals surface area contributed by atoms with Crippen molar-refractivity contribution in [2.24, 2.45) is 0 Å². The van der Waals surface area contributed by atoms with Crippen LogP contribution in [-0.4, -0.2) is 31.2 Å². The molecular formula is C18H17F2N5O2. The molecule has 9 heteroatoms. The average Bonchev–Trinajstić information content (AvgIpc) is 2.52. The summed E-state index contributed by atoms with van der Waals surface area (Å²) in [5.74, 6) is -1.40. The van der Waals surface area contributed by atoms with Crippen LogP contribution in [0.25, 0.3) is 11.4 Å². The minimum atomic E-state index is -0.745. The molecule has 0 amide bonds. The van der Waals surface area contributed by atoms with E-state index in [-0.39, 0.29) is 40.9 Å². The van der Waals surface area contributed by atoms with Gasteiger partial charge < -0.3 is 20.8 Å². The summed E-state index contributed by atoms with van der Waals surface area (Å²) in [6.07, 6.45) is 0. The molecule has 3 aromatic rings. The van der Waals surface area contributed by atoms with E-state index < -0.39 is 11.6 Å². The molecule has 3 rings (SSSR count). The van der Waals surface area contributed by atoms with Crippen LogP contribution in [0.5, 0.6) is 11.5 Å². The predicted octanol–water partition coefficient (Wildman–Crippen LogP) is 3.79. The third-order valence-electron chi connectivity index (χ3n) is 3.33. The van der Waals surface area contributed by atoms with Crippen molar-refractivity contribution in [2.45, 2.75) is 19.9 Å². The molecule has 0 aliphatic carbocycles. The lowest BCUT2D eigenvalue weighted by Gasteiger charge is -2.12. The van der Waals surface area contributed by atoms with Gasteiger partial charge in [-0.15, -0.1) is 0 Å². The van der Waals surface area contributed by atoms with Gasteiger partial charge >= 0.3 is 0 Å². The fraction of sp³-hybridized carbons (Fsp3) is 0.167. The Hall–Kier alpha value is -3.49. The summed E-state index contributed by atoms with van der Waals surface area (Å²) >= 11 is 0. The van der Waals surface area contributed by atoms with Crippen LogP contribution in [0.1, 0.15) is 13.8 Å². The molecule has 0 fully saturated rings. The standard InChI is InChI=1S/C18H17F2N5O2/c1-9(2)21-17-23-16(10-3-14(26)8-15(27)4-10)24-18(25-17)22-13-6-11(19)5-12(20)7-13/h3-9,26-27H,1-2H3,(H2,21,22,23,24,25). The van der Waals surface area contributed by atoms with Gasteiger partial charge in [-0.05, 0) is 38.1 Å². The molecular weight excluding hydrogens is 356 g/mol. The summed E-state index contributed by atoms with van der Waals surface area (Å²) in [6, 6.07) is 6.89. The normalized spacial score (nSPS) is 10.9. The molecule has 1 heterocycles. The number of aromatic nitrogens is 3. The van der Waals surface area contributed by atoms with E-state index in [0.717, 1.165) is 18.2 Å². The largest absolute Gasteiger partial charge is 0.508 e. The van der Waals surface area contributed by atoms with Crippen LogP contribution in [0, 0.1) is 11.6 Å². The minimum absolute atomic E-state index is 0.0114. The number of phenols is 2. The number of halogens is 2. The van der Waals surface area contributed by atoms with Gasteiger partial charge in [-0.3, -0.25) is 0 Å². The molecule has 0 unspecified atom stereocenters. The molecule has 0 radical (unpaired) electrons. The maximum absolute atomic E-state index is 13.4. The number of aromatic hydroxyl groups is 2. The SMILES string of the molecule is CC(C)Nc1nc(Nc2cc(F)cc(F)c2)nc(-c2cc(O)cc(O)c2)n1. The van der Waals surface area contributed by atoms with E-state index in [4.69, 9.17) is 0 Å². The van der Waals surface area contributed by atoms with E-state index in [2.05, 4.69) is 25.6 Å². The molecule has 0 bridgehead atoms. The summed E-state index contributed by atoms with van der Waals surface area (Å²) in [5, 5.41) is 25.1. The maximum Gasteiger partial charge on any atom is 0.232 e. The Morgan fingerprint density at radius 3 is 2.00 bits per heavy atom. The molecule has 0 atom stereocenters. The Morgan fingerprint density at radius 1 is 0.815 bits per heavy atom. The van der Waals surface area contributed by atoms with Crippen molar-refractivity contribution < 1.29 is 19.0 Å². The lowest BCUT2D eigenvalue weighted by atomic mass is 10.2. The highest BCUT2D eigenvalue weighted by Gasteiger charge is 2.12. The highest BCUT2D eigenvalue weighted by atomic mass is 19.1. The van der Waals surface area contributed by atoms with Gasteiger partial charge in [0, 0.05) is 29.4 Å². The number of hydrogen-bond donors (Lipinski definition) is 4. The van der Waals surface area contributed by atoms with Crippen LogP contribution < -0.4 is 10.6 Å². The second kappa shape index (κ2) is 7.40. The lowest BCUT2D eigenvalue weighted by Crippen LogP contribution is -2.14.